The third kappa shape index (κ3) is 4.04. The van der Waals surface area contributed by atoms with E-state index in [2.05, 4.69) is 0 Å². The van der Waals surface area contributed by atoms with E-state index in [0.717, 1.165) is 11.2 Å². The Morgan fingerprint density at radius 2 is 1.86 bits per heavy atom. The Morgan fingerprint density at radius 1 is 1.09 bits per heavy atom. The second-order valence-electron chi connectivity index (χ2n) is 8.15. The summed E-state index contributed by atoms with van der Waals surface area (Å²) in [6, 6.07) is 16.4. The normalized spacial score (nSPS) is 11.1. The molecule has 3 aromatic heterocycles. The fourth-order valence-electron chi connectivity index (χ4n) is 4.08. The van der Waals surface area contributed by atoms with Crippen LogP contribution in [0.5, 0.6) is 5.75 Å². The van der Waals surface area contributed by atoms with E-state index in [9.17, 15) is 19.7 Å². The molecule has 0 radical (unpaired) electrons. The molecule has 0 saturated heterocycles. The molecule has 5 aromatic rings. The summed E-state index contributed by atoms with van der Waals surface area (Å²) in [5.74, 6) is 0.152. The summed E-state index contributed by atoms with van der Waals surface area (Å²) >= 11 is 0. The zero-order chi connectivity index (χ0) is 24.7. The number of non-ortho nitro benzene ring substituents is 1. The molecular weight excluding hydrogens is 450 g/mol. The van der Waals surface area contributed by atoms with Crippen LogP contribution in [0.3, 0.4) is 0 Å². The Labute approximate surface area is 198 Å². The number of benzene rings is 2. The lowest BCUT2D eigenvalue weighted by Gasteiger charge is -2.05. The van der Waals surface area contributed by atoms with Gasteiger partial charge in [-0.05, 0) is 55.0 Å². The van der Waals surface area contributed by atoms with E-state index in [-0.39, 0.29) is 17.8 Å². The molecule has 0 atom stereocenters. The second-order valence-corrected chi connectivity index (χ2v) is 8.15. The monoisotopic (exact) mass is 470 g/mol. The number of hydrogen-bond donors (Lipinski definition) is 0. The smallest absolute Gasteiger partial charge is 0.347 e. The van der Waals surface area contributed by atoms with Gasteiger partial charge in [0.2, 0.25) is 5.78 Å². The van der Waals surface area contributed by atoms with Gasteiger partial charge in [0, 0.05) is 29.1 Å². The maximum atomic E-state index is 13.4. The fourth-order valence-corrected chi connectivity index (χ4v) is 4.08. The number of rotatable bonds is 6. The Morgan fingerprint density at radius 3 is 2.57 bits per heavy atom. The summed E-state index contributed by atoms with van der Waals surface area (Å²) in [7, 11) is 1.53. The van der Waals surface area contributed by atoms with Gasteiger partial charge in [-0.2, -0.15) is 0 Å². The average molecular weight is 470 g/mol. The second kappa shape index (κ2) is 8.53. The van der Waals surface area contributed by atoms with Crippen LogP contribution in [0.15, 0.2) is 82.3 Å². The van der Waals surface area contributed by atoms with Crippen LogP contribution in [0.4, 0.5) is 5.69 Å². The Hall–Kier alpha value is -4.79. The number of methoxy groups -OCH3 is 1. The van der Waals surface area contributed by atoms with Crippen molar-refractivity contribution in [3.63, 3.8) is 0 Å². The number of pyridine rings is 1. The standard InChI is InChI=1S/C26H20N3O6/c1-16-3-10-25-27(13-16)14-22(17-4-6-19(7-5-17)29(32)33)28(25)15-23(30)21-12-18-11-20(34-2)8-9-24(18)35-26(21)31/h3-14H,15H2,1-2H3/q+1. The number of aryl methyl sites for hydroxylation is 1. The molecule has 2 aromatic carbocycles. The molecular formula is C26H20N3O6+. The first-order valence-electron chi connectivity index (χ1n) is 10.7. The van der Waals surface area contributed by atoms with Crippen molar-refractivity contribution in [3.05, 3.63) is 105 Å². The van der Waals surface area contributed by atoms with Crippen LogP contribution in [-0.4, -0.2) is 22.4 Å². The molecule has 0 saturated carbocycles. The predicted octanol–water partition coefficient (Wildman–Crippen LogP) is 4.11. The number of ether oxygens (including phenoxy) is 1. The number of imidazole rings is 1. The van der Waals surface area contributed by atoms with E-state index in [0.29, 0.717) is 28.0 Å². The molecule has 9 nitrogen and oxygen atoms in total. The molecule has 0 bridgehead atoms. The molecule has 0 aliphatic rings. The van der Waals surface area contributed by atoms with E-state index in [1.165, 1.54) is 25.3 Å². The molecule has 0 unspecified atom stereocenters. The number of nitro groups is 1. The van der Waals surface area contributed by atoms with Crippen molar-refractivity contribution >= 4 is 28.1 Å². The molecule has 0 spiro atoms. The largest absolute Gasteiger partial charge is 0.497 e. The third-order valence-electron chi connectivity index (χ3n) is 5.85. The summed E-state index contributed by atoms with van der Waals surface area (Å²) in [6.07, 6.45) is 3.77. The third-order valence-corrected chi connectivity index (χ3v) is 5.85. The summed E-state index contributed by atoms with van der Waals surface area (Å²) in [6.45, 7) is 1.82. The molecule has 3 heterocycles. The van der Waals surface area contributed by atoms with Crippen LogP contribution in [-0.2, 0) is 6.54 Å². The molecule has 0 aliphatic carbocycles. The lowest BCUT2D eigenvalue weighted by atomic mass is 10.1. The van der Waals surface area contributed by atoms with Gasteiger partial charge in [-0.3, -0.25) is 14.9 Å². The number of nitrogens with zero attached hydrogens (tertiary/aromatic N) is 3. The van der Waals surface area contributed by atoms with E-state index < -0.39 is 16.3 Å². The van der Waals surface area contributed by atoms with Gasteiger partial charge in [0.25, 0.3) is 11.3 Å². The maximum absolute atomic E-state index is 13.4. The van der Waals surface area contributed by atoms with Gasteiger partial charge < -0.3 is 9.15 Å². The van der Waals surface area contributed by atoms with E-state index >= 15 is 0 Å². The highest BCUT2D eigenvalue weighted by Gasteiger charge is 2.25. The number of carbonyl (C=O) groups is 1. The molecule has 35 heavy (non-hydrogen) atoms. The van der Waals surface area contributed by atoms with E-state index in [4.69, 9.17) is 9.15 Å². The highest BCUT2D eigenvalue weighted by molar-refractivity contribution is 5.98. The summed E-state index contributed by atoms with van der Waals surface area (Å²) in [4.78, 5) is 36.6. The summed E-state index contributed by atoms with van der Waals surface area (Å²) in [5.41, 5.74) is 2.65. The van der Waals surface area contributed by atoms with E-state index in [1.54, 1.807) is 34.9 Å². The highest BCUT2D eigenvalue weighted by atomic mass is 16.6. The Balaban J connectivity index is 1.61. The number of carbonyl (C=O) groups excluding carboxylic acids is 1. The average Bonchev–Trinajstić information content (AvgIpc) is 3.20. The zero-order valence-corrected chi connectivity index (χ0v) is 18.9. The minimum absolute atomic E-state index is 0.0276. The molecule has 0 aliphatic heterocycles. The minimum atomic E-state index is -0.718. The van der Waals surface area contributed by atoms with Crippen molar-refractivity contribution in [1.29, 1.82) is 0 Å². The van der Waals surface area contributed by atoms with Crippen LogP contribution >= 0.6 is 0 Å². The fraction of sp³-hybridized carbons (Fsp3) is 0.115. The van der Waals surface area contributed by atoms with Gasteiger partial charge in [-0.25, -0.2) is 13.8 Å². The quantitative estimate of drug-likeness (QED) is 0.121. The summed E-state index contributed by atoms with van der Waals surface area (Å²) < 4.78 is 14.3. The molecule has 174 valence electrons. The number of nitro benzene ring substituents is 1. The maximum Gasteiger partial charge on any atom is 0.347 e. The SMILES string of the molecule is COc1ccc2oc(=O)c(C(=O)Cn3c(-c4ccc([N+](=O)[O-])cc4)c[n+]4cc(C)ccc34)cc2c1. The topological polar surface area (TPSA) is 109 Å². The minimum Gasteiger partial charge on any atom is -0.497 e. The lowest BCUT2D eigenvalue weighted by Crippen LogP contribution is -2.22. The van der Waals surface area contributed by atoms with Crippen molar-refractivity contribution in [1.82, 2.24) is 4.57 Å². The van der Waals surface area contributed by atoms with Crippen LogP contribution in [0.2, 0.25) is 0 Å². The number of ketones is 1. The van der Waals surface area contributed by atoms with Crippen LogP contribution < -0.4 is 14.8 Å². The first-order chi connectivity index (χ1) is 16.8. The summed E-state index contributed by atoms with van der Waals surface area (Å²) in [5, 5.41) is 11.6. The van der Waals surface area contributed by atoms with Crippen LogP contribution in [0.25, 0.3) is 27.9 Å². The number of hydrogen-bond acceptors (Lipinski definition) is 6. The predicted molar refractivity (Wildman–Crippen MR) is 128 cm³/mol. The van der Waals surface area contributed by atoms with Gasteiger partial charge in [-0.1, -0.05) is 0 Å². The molecule has 0 fully saturated rings. The van der Waals surface area contributed by atoms with Gasteiger partial charge >= 0.3 is 5.63 Å². The van der Waals surface area contributed by atoms with Crippen molar-refractivity contribution < 1.29 is 23.3 Å². The Kier molecular flexibility index (Phi) is 5.37. The molecule has 0 N–H and O–H groups in total. The van der Waals surface area contributed by atoms with Gasteiger partial charge in [-0.15, -0.1) is 0 Å². The van der Waals surface area contributed by atoms with Crippen molar-refractivity contribution in [3.8, 4) is 17.0 Å². The molecule has 9 heteroatoms. The van der Waals surface area contributed by atoms with Crippen LogP contribution in [0.1, 0.15) is 15.9 Å². The Bertz CT molecular complexity index is 1680. The van der Waals surface area contributed by atoms with Crippen LogP contribution in [0, 0.1) is 17.0 Å². The number of Topliss-reactive ketones (excluding diaryl/α,β-unsaturated/α-hetero) is 1. The first kappa shape index (κ1) is 22.0. The van der Waals surface area contributed by atoms with E-state index in [1.807, 2.05) is 35.9 Å². The van der Waals surface area contributed by atoms with Crippen molar-refractivity contribution in [2.24, 2.45) is 0 Å². The van der Waals surface area contributed by atoms with Gasteiger partial charge in [0.05, 0.1) is 18.2 Å². The zero-order valence-electron chi connectivity index (χ0n) is 18.9. The lowest BCUT2D eigenvalue weighted by molar-refractivity contribution is -0.510. The van der Waals surface area contributed by atoms with Crippen molar-refractivity contribution in [2.45, 2.75) is 13.5 Å². The highest BCUT2D eigenvalue weighted by Crippen LogP contribution is 2.25. The van der Waals surface area contributed by atoms with Gasteiger partial charge in [0.1, 0.15) is 23.1 Å². The number of fused-ring (bicyclic) bond motifs is 2. The molecule has 5 rings (SSSR count). The van der Waals surface area contributed by atoms with Gasteiger partial charge in [0.15, 0.2) is 12.2 Å². The molecule has 0 amide bonds. The van der Waals surface area contributed by atoms with Crippen molar-refractivity contribution in [2.75, 3.05) is 7.11 Å². The number of aromatic nitrogens is 2. The first-order valence-corrected chi connectivity index (χ1v) is 10.7.